The molecule has 0 unspecified atom stereocenters. The van der Waals surface area contributed by atoms with Crippen LogP contribution in [0.1, 0.15) is 18.9 Å². The number of halogens is 1. The quantitative estimate of drug-likeness (QED) is 0.670. The number of hydrogen-bond acceptors (Lipinski definition) is 2. The maximum absolute atomic E-state index is 8.47. The van der Waals surface area contributed by atoms with Gasteiger partial charge in [0.05, 0.1) is 17.6 Å². The van der Waals surface area contributed by atoms with Crippen molar-refractivity contribution in [2.75, 3.05) is 6.61 Å². The third-order valence-corrected chi connectivity index (χ3v) is 4.00. The fourth-order valence-electron chi connectivity index (χ4n) is 2.93. The second-order valence-electron chi connectivity index (χ2n) is 5.78. The summed E-state index contributed by atoms with van der Waals surface area (Å²) in [6.45, 7) is 6.29. The third kappa shape index (κ3) is 3.73. The van der Waals surface area contributed by atoms with Crippen LogP contribution in [0.15, 0.2) is 48.5 Å². The summed E-state index contributed by atoms with van der Waals surface area (Å²) in [6.07, 6.45) is 1.02. The van der Waals surface area contributed by atoms with Crippen LogP contribution < -0.4 is 10.4 Å². The smallest absolute Gasteiger partial charge is 0.203 e. The van der Waals surface area contributed by atoms with Gasteiger partial charge in [-0.2, -0.15) is 0 Å². The molecule has 0 amide bonds. The van der Waals surface area contributed by atoms with E-state index < -0.39 is 0 Å². The van der Waals surface area contributed by atoms with Crippen LogP contribution in [0.2, 0.25) is 0 Å². The fraction of sp³-hybridized carbons (Fsp3) is 0.316. The first-order valence-electron chi connectivity index (χ1n) is 8.13. The number of rotatable bonds is 6. The number of aromatic nitrogens is 2. The lowest BCUT2D eigenvalue weighted by Crippen LogP contribution is -2.26. The summed E-state index contributed by atoms with van der Waals surface area (Å²) in [6, 6.07) is 16.3. The molecule has 0 spiro atoms. The number of hydrogen-bond donors (Lipinski definition) is 1. The van der Waals surface area contributed by atoms with Crippen LogP contribution in [-0.4, -0.2) is 15.7 Å². The molecule has 3 rings (SSSR count). The summed E-state index contributed by atoms with van der Waals surface area (Å²) in [5.41, 5.74) is 3.95. The number of nitrogens with one attached hydrogen (secondary N) is 1. The van der Waals surface area contributed by atoms with Crippen molar-refractivity contribution in [2.45, 2.75) is 33.4 Å². The Kier molecular flexibility index (Phi) is 6.26. The third-order valence-electron chi connectivity index (χ3n) is 4.00. The standard InChI is InChI=1S/C19H23N3O.BrH/c1-3-11-21-17-9-4-5-10-18(17)22(19(21)20)12-13-23-16-8-6-7-15(2)14-16;/h4-10,14,20H,3,11-13H2,1-2H3;1H. The molecule has 1 heterocycles. The van der Waals surface area contributed by atoms with Gasteiger partial charge in [0.2, 0.25) is 5.62 Å². The van der Waals surface area contributed by atoms with E-state index in [0.29, 0.717) is 18.8 Å². The molecule has 3 aromatic rings. The van der Waals surface area contributed by atoms with E-state index in [2.05, 4.69) is 36.6 Å². The molecule has 0 bridgehead atoms. The van der Waals surface area contributed by atoms with Gasteiger partial charge < -0.3 is 13.9 Å². The van der Waals surface area contributed by atoms with Crippen LogP contribution in [0.5, 0.6) is 5.75 Å². The van der Waals surface area contributed by atoms with E-state index in [4.69, 9.17) is 10.1 Å². The van der Waals surface area contributed by atoms with Crippen molar-refractivity contribution in [1.29, 1.82) is 5.41 Å². The van der Waals surface area contributed by atoms with Gasteiger partial charge in [0.25, 0.3) is 0 Å². The molecule has 0 radical (unpaired) electrons. The topological polar surface area (TPSA) is 42.9 Å². The maximum atomic E-state index is 8.47. The molecule has 0 aliphatic heterocycles. The van der Waals surface area contributed by atoms with Crippen LogP contribution in [0.25, 0.3) is 11.0 Å². The molecular formula is C19H24BrN3O. The zero-order valence-corrected chi connectivity index (χ0v) is 15.9. The Morgan fingerprint density at radius 3 is 2.25 bits per heavy atom. The molecule has 0 aliphatic carbocycles. The highest BCUT2D eigenvalue weighted by Gasteiger charge is 2.09. The fourth-order valence-corrected chi connectivity index (χ4v) is 2.93. The number of ether oxygens (including phenoxy) is 1. The summed E-state index contributed by atoms with van der Waals surface area (Å²) in [4.78, 5) is 0. The number of para-hydroxylation sites is 2. The lowest BCUT2D eigenvalue weighted by Gasteiger charge is -2.08. The molecule has 128 valence electrons. The Hall–Kier alpha value is -2.01. The number of benzene rings is 2. The zero-order chi connectivity index (χ0) is 16.2. The predicted octanol–water partition coefficient (Wildman–Crippen LogP) is 4.30. The molecule has 5 heteroatoms. The molecule has 2 aromatic carbocycles. The van der Waals surface area contributed by atoms with Crippen LogP contribution in [0, 0.1) is 12.3 Å². The molecule has 0 fully saturated rings. The van der Waals surface area contributed by atoms with Gasteiger partial charge in [-0.05, 0) is 43.2 Å². The normalized spacial score (nSPS) is 10.6. The summed E-state index contributed by atoms with van der Waals surface area (Å²) in [5.74, 6) is 0.884. The van der Waals surface area contributed by atoms with Crippen LogP contribution in [0.4, 0.5) is 0 Å². The van der Waals surface area contributed by atoms with Crippen LogP contribution in [-0.2, 0) is 13.1 Å². The van der Waals surface area contributed by atoms with Gasteiger partial charge >= 0.3 is 0 Å². The summed E-state index contributed by atoms with van der Waals surface area (Å²) < 4.78 is 9.95. The first kappa shape index (κ1) is 18.3. The number of imidazole rings is 1. The van der Waals surface area contributed by atoms with Crippen LogP contribution >= 0.6 is 17.0 Å². The van der Waals surface area contributed by atoms with Gasteiger partial charge in [-0.25, -0.2) is 0 Å². The van der Waals surface area contributed by atoms with Gasteiger partial charge in [0.15, 0.2) is 0 Å². The van der Waals surface area contributed by atoms with E-state index in [9.17, 15) is 0 Å². The average molecular weight is 390 g/mol. The Bertz CT molecular complexity index is 866. The summed E-state index contributed by atoms with van der Waals surface area (Å²) in [5, 5.41) is 8.47. The Morgan fingerprint density at radius 1 is 0.958 bits per heavy atom. The highest BCUT2D eigenvalue weighted by molar-refractivity contribution is 8.93. The van der Waals surface area contributed by atoms with Gasteiger partial charge in [0, 0.05) is 6.54 Å². The molecule has 0 aliphatic rings. The van der Waals surface area contributed by atoms with E-state index in [-0.39, 0.29) is 17.0 Å². The highest BCUT2D eigenvalue weighted by atomic mass is 79.9. The van der Waals surface area contributed by atoms with Crippen molar-refractivity contribution in [2.24, 2.45) is 0 Å². The van der Waals surface area contributed by atoms with Crippen molar-refractivity contribution in [3.05, 3.63) is 59.7 Å². The van der Waals surface area contributed by atoms with Crippen molar-refractivity contribution < 1.29 is 4.74 Å². The lowest BCUT2D eigenvalue weighted by atomic mass is 10.2. The van der Waals surface area contributed by atoms with E-state index in [0.717, 1.165) is 29.7 Å². The number of fused-ring (bicyclic) bond motifs is 1. The molecule has 0 saturated carbocycles. The van der Waals surface area contributed by atoms with Crippen molar-refractivity contribution in [1.82, 2.24) is 9.13 Å². The SMILES string of the molecule is Br.CCCn1c(=N)n(CCOc2cccc(C)c2)c2ccccc21. The van der Waals surface area contributed by atoms with E-state index in [1.165, 1.54) is 5.56 Å². The maximum Gasteiger partial charge on any atom is 0.203 e. The molecule has 1 aromatic heterocycles. The second kappa shape index (κ2) is 8.20. The zero-order valence-electron chi connectivity index (χ0n) is 14.2. The minimum Gasteiger partial charge on any atom is -0.492 e. The molecule has 1 N–H and O–H groups in total. The minimum absolute atomic E-state index is 0. The van der Waals surface area contributed by atoms with Gasteiger partial charge in [-0.3, -0.25) is 5.41 Å². The largest absolute Gasteiger partial charge is 0.492 e. The second-order valence-corrected chi connectivity index (χ2v) is 5.78. The molecular weight excluding hydrogens is 366 g/mol. The van der Waals surface area contributed by atoms with Crippen molar-refractivity contribution in [3.63, 3.8) is 0 Å². The van der Waals surface area contributed by atoms with Gasteiger partial charge in [0.1, 0.15) is 12.4 Å². The van der Waals surface area contributed by atoms with Gasteiger partial charge in [-0.15, -0.1) is 17.0 Å². The molecule has 0 atom stereocenters. The molecule has 4 nitrogen and oxygen atoms in total. The number of nitrogens with zero attached hydrogens (tertiary/aromatic N) is 2. The summed E-state index contributed by atoms with van der Waals surface area (Å²) in [7, 11) is 0. The van der Waals surface area contributed by atoms with Gasteiger partial charge in [-0.1, -0.05) is 31.2 Å². The van der Waals surface area contributed by atoms with E-state index in [1.54, 1.807) is 0 Å². The Labute approximate surface area is 153 Å². The molecule has 24 heavy (non-hydrogen) atoms. The predicted molar refractivity (Wildman–Crippen MR) is 103 cm³/mol. The van der Waals surface area contributed by atoms with Crippen molar-refractivity contribution >= 4 is 28.0 Å². The van der Waals surface area contributed by atoms with E-state index >= 15 is 0 Å². The minimum atomic E-state index is 0. The first-order valence-corrected chi connectivity index (χ1v) is 8.13. The van der Waals surface area contributed by atoms with Crippen molar-refractivity contribution in [3.8, 4) is 5.75 Å². The average Bonchev–Trinajstić information content (AvgIpc) is 2.81. The Morgan fingerprint density at radius 2 is 1.62 bits per heavy atom. The molecule has 0 saturated heterocycles. The highest BCUT2D eigenvalue weighted by Crippen LogP contribution is 2.15. The first-order chi connectivity index (χ1) is 11.2. The monoisotopic (exact) mass is 389 g/mol. The lowest BCUT2D eigenvalue weighted by molar-refractivity contribution is 0.296. The van der Waals surface area contributed by atoms with Crippen LogP contribution in [0.3, 0.4) is 0 Å². The summed E-state index contributed by atoms with van der Waals surface area (Å²) >= 11 is 0. The van der Waals surface area contributed by atoms with E-state index in [1.807, 2.05) is 34.9 Å². The Balaban J connectivity index is 0.00000208. The number of aryl methyl sites for hydroxylation is 2.